The van der Waals surface area contributed by atoms with E-state index in [4.69, 9.17) is 26.4 Å². The van der Waals surface area contributed by atoms with Crippen LogP contribution in [-0.2, 0) is 12.7 Å². The number of rotatable bonds is 6. The van der Waals surface area contributed by atoms with Gasteiger partial charge in [0.05, 0.1) is 17.9 Å². The third kappa shape index (κ3) is 4.98. The van der Waals surface area contributed by atoms with Crippen LogP contribution in [0, 0.1) is 0 Å². The Morgan fingerprint density at radius 1 is 1.14 bits per heavy atom. The molecule has 2 aromatic carbocycles. The van der Waals surface area contributed by atoms with E-state index >= 15 is 0 Å². The van der Waals surface area contributed by atoms with Crippen LogP contribution >= 0.6 is 12.2 Å². The Morgan fingerprint density at radius 2 is 1.93 bits per heavy atom. The van der Waals surface area contributed by atoms with Gasteiger partial charge in [-0.15, -0.1) is 0 Å². The molecule has 1 aliphatic rings. The summed E-state index contributed by atoms with van der Waals surface area (Å²) in [6, 6.07) is 8.72. The van der Waals surface area contributed by atoms with Gasteiger partial charge in [0, 0.05) is 6.54 Å². The Hall–Kier alpha value is -2.68. The third-order valence-corrected chi connectivity index (χ3v) is 4.15. The van der Waals surface area contributed by atoms with Crippen molar-refractivity contribution in [3.05, 3.63) is 47.5 Å². The predicted octanol–water partition coefficient (Wildman–Crippen LogP) is 4.71. The maximum absolute atomic E-state index is 13.0. The molecule has 0 unspecified atom stereocenters. The molecule has 9 heteroatoms. The highest BCUT2D eigenvalue weighted by atomic mass is 32.1. The van der Waals surface area contributed by atoms with E-state index in [1.54, 1.807) is 6.07 Å². The van der Waals surface area contributed by atoms with Crippen LogP contribution < -0.4 is 24.8 Å². The normalized spacial score (nSPS) is 12.6. The molecule has 0 amide bonds. The lowest BCUT2D eigenvalue weighted by molar-refractivity contribution is -0.137. The van der Waals surface area contributed by atoms with Crippen molar-refractivity contribution in [3.63, 3.8) is 0 Å². The Bertz CT molecular complexity index is 859. The van der Waals surface area contributed by atoms with Crippen LogP contribution in [0.5, 0.6) is 17.2 Å². The van der Waals surface area contributed by atoms with Gasteiger partial charge in [0.1, 0.15) is 5.75 Å². The van der Waals surface area contributed by atoms with E-state index in [1.807, 2.05) is 19.1 Å². The number of ether oxygens (including phenoxy) is 3. The standard InChI is InChI=1S/C19H19F3N2O3S/c1-2-7-25-15-6-4-13(19(20,21)22)9-14(15)24-18(28)23-10-12-3-5-16-17(8-12)27-11-26-16/h3-6,8-9H,2,7,10-11H2,1H3,(H2,23,24,28). The molecule has 0 radical (unpaired) electrons. The Balaban J connectivity index is 1.67. The molecular formula is C19H19F3N2O3S. The lowest BCUT2D eigenvalue weighted by atomic mass is 10.1. The number of hydrogen-bond acceptors (Lipinski definition) is 4. The fraction of sp³-hybridized carbons (Fsp3) is 0.316. The molecule has 28 heavy (non-hydrogen) atoms. The van der Waals surface area contributed by atoms with Crippen molar-refractivity contribution in [2.45, 2.75) is 26.1 Å². The number of nitrogens with one attached hydrogen (secondary N) is 2. The smallest absolute Gasteiger partial charge is 0.416 e. The number of benzene rings is 2. The topological polar surface area (TPSA) is 51.8 Å². The summed E-state index contributed by atoms with van der Waals surface area (Å²) < 4.78 is 55.2. The van der Waals surface area contributed by atoms with Crippen molar-refractivity contribution in [1.29, 1.82) is 0 Å². The molecule has 0 saturated carbocycles. The minimum absolute atomic E-state index is 0.159. The number of thiocarbonyl (C=S) groups is 1. The van der Waals surface area contributed by atoms with Gasteiger partial charge in [-0.2, -0.15) is 13.2 Å². The first-order chi connectivity index (χ1) is 13.4. The maximum Gasteiger partial charge on any atom is 0.416 e. The SMILES string of the molecule is CCCOc1ccc(C(F)(F)F)cc1NC(=S)NCc1ccc2c(c1)OCO2. The van der Waals surface area contributed by atoms with Gasteiger partial charge in [-0.05, 0) is 54.5 Å². The summed E-state index contributed by atoms with van der Waals surface area (Å²) in [6.07, 6.45) is -3.73. The van der Waals surface area contributed by atoms with Crippen LogP contribution in [0.2, 0.25) is 0 Å². The fourth-order valence-electron chi connectivity index (χ4n) is 2.54. The molecule has 2 N–H and O–H groups in total. The largest absolute Gasteiger partial charge is 0.491 e. The van der Waals surface area contributed by atoms with Crippen LogP contribution in [0.1, 0.15) is 24.5 Å². The lowest BCUT2D eigenvalue weighted by Crippen LogP contribution is -2.28. The highest BCUT2D eigenvalue weighted by molar-refractivity contribution is 7.80. The summed E-state index contributed by atoms with van der Waals surface area (Å²) in [6.45, 7) is 2.85. The van der Waals surface area contributed by atoms with Gasteiger partial charge in [-0.3, -0.25) is 0 Å². The molecule has 3 rings (SSSR count). The number of alkyl halides is 3. The van der Waals surface area contributed by atoms with E-state index < -0.39 is 11.7 Å². The van der Waals surface area contributed by atoms with Gasteiger partial charge in [-0.1, -0.05) is 13.0 Å². The fourth-order valence-corrected chi connectivity index (χ4v) is 2.72. The summed E-state index contributed by atoms with van der Waals surface area (Å²) in [5.41, 5.74) is 0.267. The van der Waals surface area contributed by atoms with Crippen LogP contribution in [0.25, 0.3) is 0 Å². The molecule has 0 spiro atoms. The molecule has 5 nitrogen and oxygen atoms in total. The zero-order valence-corrected chi connectivity index (χ0v) is 15.9. The molecule has 0 aromatic heterocycles. The number of halogens is 3. The Kier molecular flexibility index (Phi) is 6.13. The van der Waals surface area contributed by atoms with Crippen molar-refractivity contribution in [2.75, 3.05) is 18.7 Å². The van der Waals surface area contributed by atoms with E-state index in [9.17, 15) is 13.2 Å². The lowest BCUT2D eigenvalue weighted by Gasteiger charge is -2.17. The van der Waals surface area contributed by atoms with Crippen LogP contribution in [0.3, 0.4) is 0 Å². The third-order valence-electron chi connectivity index (χ3n) is 3.91. The highest BCUT2D eigenvalue weighted by Crippen LogP contribution is 2.35. The molecule has 0 aliphatic carbocycles. The van der Waals surface area contributed by atoms with Crippen molar-refractivity contribution in [1.82, 2.24) is 5.32 Å². The second-order valence-corrected chi connectivity index (χ2v) is 6.46. The zero-order valence-electron chi connectivity index (χ0n) is 15.1. The van der Waals surface area contributed by atoms with Crippen molar-refractivity contribution in [2.24, 2.45) is 0 Å². The molecule has 1 aliphatic heterocycles. The van der Waals surface area contributed by atoms with Crippen molar-refractivity contribution in [3.8, 4) is 17.2 Å². The first-order valence-corrected chi connectivity index (χ1v) is 9.05. The molecule has 0 saturated heterocycles. The van der Waals surface area contributed by atoms with E-state index in [2.05, 4.69) is 10.6 Å². The molecule has 150 valence electrons. The van der Waals surface area contributed by atoms with E-state index in [0.717, 1.165) is 24.1 Å². The number of anilines is 1. The van der Waals surface area contributed by atoms with Gasteiger partial charge in [0.15, 0.2) is 16.6 Å². The van der Waals surface area contributed by atoms with E-state index in [-0.39, 0.29) is 17.6 Å². The summed E-state index contributed by atoms with van der Waals surface area (Å²) in [7, 11) is 0. The van der Waals surface area contributed by atoms with Crippen molar-refractivity contribution >= 4 is 23.0 Å². The van der Waals surface area contributed by atoms with Crippen LogP contribution in [0.4, 0.5) is 18.9 Å². The second kappa shape index (κ2) is 8.55. The Labute approximate surface area is 165 Å². The molecule has 0 fully saturated rings. The summed E-state index contributed by atoms with van der Waals surface area (Å²) in [5, 5.41) is 5.94. The average Bonchev–Trinajstić information content (AvgIpc) is 3.12. The molecule has 0 bridgehead atoms. The molecule has 1 heterocycles. The monoisotopic (exact) mass is 412 g/mol. The highest BCUT2D eigenvalue weighted by Gasteiger charge is 2.31. The van der Waals surface area contributed by atoms with Gasteiger partial charge in [0.25, 0.3) is 0 Å². The summed E-state index contributed by atoms with van der Waals surface area (Å²) >= 11 is 5.23. The first-order valence-electron chi connectivity index (χ1n) is 8.64. The van der Waals surface area contributed by atoms with Gasteiger partial charge >= 0.3 is 6.18 Å². The number of hydrogen-bond donors (Lipinski definition) is 2. The average molecular weight is 412 g/mol. The van der Waals surface area contributed by atoms with Gasteiger partial charge < -0.3 is 24.8 Å². The van der Waals surface area contributed by atoms with Crippen LogP contribution in [0.15, 0.2) is 36.4 Å². The zero-order chi connectivity index (χ0) is 20.1. The van der Waals surface area contributed by atoms with E-state index in [1.165, 1.54) is 6.07 Å². The minimum Gasteiger partial charge on any atom is -0.491 e. The maximum atomic E-state index is 13.0. The van der Waals surface area contributed by atoms with Crippen LogP contribution in [-0.4, -0.2) is 18.5 Å². The molecule has 0 atom stereocenters. The molecule has 2 aromatic rings. The van der Waals surface area contributed by atoms with Gasteiger partial charge in [-0.25, -0.2) is 0 Å². The second-order valence-electron chi connectivity index (χ2n) is 6.05. The minimum atomic E-state index is -4.46. The Morgan fingerprint density at radius 3 is 2.68 bits per heavy atom. The van der Waals surface area contributed by atoms with Crippen molar-refractivity contribution < 1.29 is 27.4 Å². The predicted molar refractivity (Wildman–Crippen MR) is 103 cm³/mol. The summed E-state index contributed by atoms with van der Waals surface area (Å²) in [4.78, 5) is 0. The molecular weight excluding hydrogens is 393 g/mol. The quantitative estimate of drug-likeness (QED) is 0.671. The van der Waals surface area contributed by atoms with E-state index in [0.29, 0.717) is 30.4 Å². The first kappa shape index (κ1) is 20.1. The number of fused-ring (bicyclic) bond motifs is 1. The summed E-state index contributed by atoms with van der Waals surface area (Å²) in [5.74, 6) is 1.62. The van der Waals surface area contributed by atoms with Gasteiger partial charge in [0.2, 0.25) is 6.79 Å².